The fourth-order valence-corrected chi connectivity index (χ4v) is 3.79. The molecule has 6 heteroatoms. The van der Waals surface area contributed by atoms with E-state index in [-0.39, 0.29) is 5.78 Å². The standard InChI is InChI=1S/C28H32O6/c1-2-10-23-26(16-15-22-24(29)17-20-34-28(22)23)33-19-9-3-8-18-32-25-13-6-4-11-21(25)12-5-7-14-27(30)31/h4-7,11-16H,2-3,8-10,17-20H2,1H3,(H,30,31). The molecule has 0 spiro atoms. The largest absolute Gasteiger partial charge is 0.493 e. The Bertz CT molecular complexity index is 1040. The molecule has 0 atom stereocenters. The third kappa shape index (κ3) is 7.24. The van der Waals surface area contributed by atoms with Crippen LogP contribution in [0.5, 0.6) is 17.2 Å². The van der Waals surface area contributed by atoms with Crippen molar-refractivity contribution in [2.75, 3.05) is 19.8 Å². The number of Topliss-reactive ketones (excluding diaryl/α,β-unsaturated/α-hetero) is 1. The molecule has 0 radical (unpaired) electrons. The average Bonchev–Trinajstić information content (AvgIpc) is 2.83. The second-order valence-electron chi connectivity index (χ2n) is 8.04. The van der Waals surface area contributed by atoms with E-state index in [4.69, 9.17) is 19.3 Å². The summed E-state index contributed by atoms with van der Waals surface area (Å²) in [6.45, 7) is 3.73. The maximum Gasteiger partial charge on any atom is 0.328 e. The fourth-order valence-electron chi connectivity index (χ4n) is 3.79. The van der Waals surface area contributed by atoms with E-state index in [0.29, 0.717) is 37.6 Å². The Morgan fingerprint density at radius 3 is 2.56 bits per heavy atom. The van der Waals surface area contributed by atoms with Crippen LogP contribution in [0.3, 0.4) is 0 Å². The van der Waals surface area contributed by atoms with Gasteiger partial charge >= 0.3 is 5.97 Å². The van der Waals surface area contributed by atoms with Crippen molar-refractivity contribution in [1.29, 1.82) is 0 Å². The molecule has 2 aromatic carbocycles. The molecule has 2 aromatic rings. The predicted octanol–water partition coefficient (Wildman–Crippen LogP) is 5.89. The zero-order valence-electron chi connectivity index (χ0n) is 19.6. The number of carbonyl (C=O) groups is 2. The molecule has 0 fully saturated rings. The van der Waals surface area contributed by atoms with Gasteiger partial charge in [0.2, 0.25) is 0 Å². The Kier molecular flexibility index (Phi) is 9.77. The average molecular weight is 465 g/mol. The quantitative estimate of drug-likeness (QED) is 0.226. The van der Waals surface area contributed by atoms with Gasteiger partial charge in [0.1, 0.15) is 17.2 Å². The molecule has 0 bridgehead atoms. The summed E-state index contributed by atoms with van der Waals surface area (Å²) in [4.78, 5) is 22.7. The molecule has 0 amide bonds. The first kappa shape index (κ1) is 25.1. The van der Waals surface area contributed by atoms with Crippen LogP contribution in [0, 0.1) is 0 Å². The molecule has 6 nitrogen and oxygen atoms in total. The maximum absolute atomic E-state index is 12.2. The molecule has 1 aliphatic rings. The highest BCUT2D eigenvalue weighted by Crippen LogP contribution is 2.36. The molecule has 180 valence electrons. The summed E-state index contributed by atoms with van der Waals surface area (Å²) < 4.78 is 17.8. The zero-order valence-corrected chi connectivity index (χ0v) is 19.6. The number of ether oxygens (including phenoxy) is 3. The van der Waals surface area contributed by atoms with E-state index in [1.165, 1.54) is 6.08 Å². The molecule has 1 aliphatic heterocycles. The van der Waals surface area contributed by atoms with Gasteiger partial charge in [-0.3, -0.25) is 4.79 Å². The minimum absolute atomic E-state index is 0.138. The number of hydrogen-bond donors (Lipinski definition) is 1. The van der Waals surface area contributed by atoms with Crippen LogP contribution in [0.25, 0.3) is 6.08 Å². The molecule has 1 heterocycles. The molecule has 0 aromatic heterocycles. The van der Waals surface area contributed by atoms with Crippen molar-refractivity contribution in [1.82, 2.24) is 0 Å². The first-order valence-electron chi connectivity index (χ1n) is 11.8. The van der Waals surface area contributed by atoms with E-state index in [1.54, 1.807) is 6.08 Å². The van der Waals surface area contributed by atoms with Crippen LogP contribution >= 0.6 is 0 Å². The van der Waals surface area contributed by atoms with E-state index in [2.05, 4.69) is 6.92 Å². The highest BCUT2D eigenvalue weighted by Gasteiger charge is 2.23. The van der Waals surface area contributed by atoms with E-state index >= 15 is 0 Å². The summed E-state index contributed by atoms with van der Waals surface area (Å²) in [5.74, 6) is 1.44. The third-order valence-electron chi connectivity index (χ3n) is 5.44. The van der Waals surface area contributed by atoms with Crippen LogP contribution < -0.4 is 14.2 Å². The lowest BCUT2D eigenvalue weighted by atomic mass is 9.98. The molecule has 0 saturated carbocycles. The molecular weight excluding hydrogens is 432 g/mol. The molecule has 1 N–H and O–H groups in total. The number of rotatable bonds is 13. The third-order valence-corrected chi connectivity index (χ3v) is 5.44. The van der Waals surface area contributed by atoms with Crippen LogP contribution in [-0.4, -0.2) is 36.7 Å². The molecule has 0 unspecified atom stereocenters. The Hall–Kier alpha value is -3.54. The van der Waals surface area contributed by atoms with Gasteiger partial charge in [0.15, 0.2) is 5.78 Å². The predicted molar refractivity (Wildman–Crippen MR) is 132 cm³/mol. The van der Waals surface area contributed by atoms with E-state index in [0.717, 1.165) is 60.8 Å². The van der Waals surface area contributed by atoms with Crippen molar-refractivity contribution in [3.63, 3.8) is 0 Å². The number of carbonyl (C=O) groups excluding carboxylic acids is 1. The van der Waals surface area contributed by atoms with Gasteiger partial charge in [0, 0.05) is 23.6 Å². The molecular formula is C28H32O6. The van der Waals surface area contributed by atoms with Crippen LogP contribution in [0.2, 0.25) is 0 Å². The SMILES string of the molecule is CCCc1c(OCCCCCOc2ccccc2C=CC=CC(=O)O)ccc2c1OCCC2=O. The summed E-state index contributed by atoms with van der Waals surface area (Å²) in [5.41, 5.74) is 2.57. The van der Waals surface area contributed by atoms with Gasteiger partial charge in [-0.1, -0.05) is 49.8 Å². The Morgan fingerprint density at radius 1 is 1.03 bits per heavy atom. The Labute approximate surface area is 200 Å². The van der Waals surface area contributed by atoms with Crippen molar-refractivity contribution in [3.05, 3.63) is 71.3 Å². The van der Waals surface area contributed by atoms with Crippen molar-refractivity contribution < 1.29 is 28.9 Å². The Balaban J connectivity index is 1.44. The van der Waals surface area contributed by atoms with Gasteiger partial charge in [-0.05, 0) is 43.9 Å². The second-order valence-corrected chi connectivity index (χ2v) is 8.04. The minimum atomic E-state index is -0.977. The molecule has 34 heavy (non-hydrogen) atoms. The number of allylic oxidation sites excluding steroid dienone is 2. The van der Waals surface area contributed by atoms with Gasteiger partial charge in [-0.15, -0.1) is 0 Å². The van der Waals surface area contributed by atoms with Gasteiger partial charge < -0.3 is 19.3 Å². The summed E-state index contributed by atoms with van der Waals surface area (Å²) in [5, 5.41) is 8.66. The molecule has 0 saturated heterocycles. The number of benzene rings is 2. The summed E-state index contributed by atoms with van der Waals surface area (Å²) in [6.07, 6.45) is 11.0. The van der Waals surface area contributed by atoms with E-state index < -0.39 is 5.97 Å². The maximum atomic E-state index is 12.2. The Morgan fingerprint density at radius 2 is 1.79 bits per heavy atom. The summed E-state index contributed by atoms with van der Waals surface area (Å²) >= 11 is 0. The lowest BCUT2D eigenvalue weighted by Crippen LogP contribution is -2.17. The topological polar surface area (TPSA) is 82.1 Å². The van der Waals surface area contributed by atoms with E-state index in [9.17, 15) is 9.59 Å². The van der Waals surface area contributed by atoms with Gasteiger partial charge in [0.25, 0.3) is 0 Å². The monoisotopic (exact) mass is 464 g/mol. The van der Waals surface area contributed by atoms with Crippen LogP contribution in [0.4, 0.5) is 0 Å². The van der Waals surface area contributed by atoms with Crippen LogP contribution in [0.1, 0.15) is 60.5 Å². The van der Waals surface area contributed by atoms with Crippen LogP contribution in [0.15, 0.2) is 54.6 Å². The zero-order chi connectivity index (χ0) is 24.2. The number of aliphatic carboxylic acids is 1. The number of carboxylic acids is 1. The van der Waals surface area contributed by atoms with Gasteiger partial charge in [-0.25, -0.2) is 4.79 Å². The number of hydrogen-bond acceptors (Lipinski definition) is 5. The molecule has 3 rings (SSSR count). The number of fused-ring (bicyclic) bond motifs is 1. The number of para-hydroxylation sites is 1. The highest BCUT2D eigenvalue weighted by atomic mass is 16.5. The van der Waals surface area contributed by atoms with Crippen LogP contribution in [-0.2, 0) is 11.2 Å². The fraction of sp³-hybridized carbons (Fsp3) is 0.357. The second kappa shape index (κ2) is 13.2. The van der Waals surface area contributed by atoms with E-state index in [1.807, 2.05) is 42.5 Å². The van der Waals surface area contributed by atoms with Gasteiger partial charge in [0.05, 0.1) is 25.4 Å². The van der Waals surface area contributed by atoms with Crippen molar-refractivity contribution in [2.45, 2.75) is 45.4 Å². The summed E-state index contributed by atoms with van der Waals surface area (Å²) in [7, 11) is 0. The normalized spacial score (nSPS) is 13.1. The van der Waals surface area contributed by atoms with Crippen molar-refractivity contribution >= 4 is 17.8 Å². The number of carboxylic acid groups (broad SMARTS) is 1. The summed E-state index contributed by atoms with van der Waals surface area (Å²) in [6, 6.07) is 11.4. The molecule has 0 aliphatic carbocycles. The minimum Gasteiger partial charge on any atom is -0.493 e. The lowest BCUT2D eigenvalue weighted by molar-refractivity contribution is -0.131. The van der Waals surface area contributed by atoms with Crippen molar-refractivity contribution in [2.24, 2.45) is 0 Å². The first-order valence-corrected chi connectivity index (χ1v) is 11.8. The lowest BCUT2D eigenvalue weighted by Gasteiger charge is -2.22. The first-order chi connectivity index (χ1) is 16.6. The van der Waals surface area contributed by atoms with Crippen molar-refractivity contribution in [3.8, 4) is 17.2 Å². The highest BCUT2D eigenvalue weighted by molar-refractivity contribution is 6.00. The van der Waals surface area contributed by atoms with Gasteiger partial charge in [-0.2, -0.15) is 0 Å². The smallest absolute Gasteiger partial charge is 0.328 e. The number of unbranched alkanes of at least 4 members (excludes halogenated alkanes) is 2. The number of ketones is 1.